The van der Waals surface area contributed by atoms with E-state index in [0.29, 0.717) is 11.3 Å². The first-order chi connectivity index (χ1) is 8.70. The SMILES string of the molecule is NC(=NO)c1ccc(NC(=O)c2ccon2)cc1. The summed E-state index contributed by atoms with van der Waals surface area (Å²) in [6.07, 6.45) is 1.32. The minimum atomic E-state index is -0.375. The summed E-state index contributed by atoms with van der Waals surface area (Å²) in [7, 11) is 0. The van der Waals surface area contributed by atoms with Crippen LogP contribution in [0.25, 0.3) is 0 Å². The van der Waals surface area contributed by atoms with Gasteiger partial charge in [-0.05, 0) is 24.3 Å². The molecule has 0 radical (unpaired) electrons. The maximum atomic E-state index is 11.6. The maximum Gasteiger partial charge on any atom is 0.277 e. The van der Waals surface area contributed by atoms with Crippen molar-refractivity contribution >= 4 is 17.4 Å². The van der Waals surface area contributed by atoms with E-state index in [1.54, 1.807) is 24.3 Å². The summed E-state index contributed by atoms with van der Waals surface area (Å²) in [4.78, 5) is 11.6. The standard InChI is InChI=1S/C11H10N4O3/c12-10(14-17)7-1-3-8(4-2-7)13-11(16)9-5-6-18-15-9/h1-6,17H,(H2,12,14)(H,13,16). The van der Waals surface area contributed by atoms with Crippen LogP contribution in [-0.2, 0) is 0 Å². The normalized spacial score (nSPS) is 11.2. The molecule has 0 spiro atoms. The molecule has 0 aliphatic rings. The lowest BCUT2D eigenvalue weighted by Crippen LogP contribution is -2.14. The number of carbonyl (C=O) groups is 1. The summed E-state index contributed by atoms with van der Waals surface area (Å²) in [6.45, 7) is 0. The molecule has 2 aromatic rings. The van der Waals surface area contributed by atoms with E-state index in [-0.39, 0.29) is 17.4 Å². The van der Waals surface area contributed by atoms with E-state index in [0.717, 1.165) is 0 Å². The molecule has 18 heavy (non-hydrogen) atoms. The largest absolute Gasteiger partial charge is 0.409 e. The number of hydrogen-bond acceptors (Lipinski definition) is 5. The topological polar surface area (TPSA) is 114 Å². The van der Waals surface area contributed by atoms with Gasteiger partial charge in [0.2, 0.25) is 0 Å². The summed E-state index contributed by atoms with van der Waals surface area (Å²) in [5, 5.41) is 17.5. The Morgan fingerprint density at radius 3 is 2.61 bits per heavy atom. The van der Waals surface area contributed by atoms with Gasteiger partial charge in [0.05, 0.1) is 0 Å². The van der Waals surface area contributed by atoms with E-state index in [9.17, 15) is 4.79 Å². The molecule has 1 aromatic carbocycles. The molecule has 0 atom stereocenters. The summed E-state index contributed by atoms with van der Waals surface area (Å²) in [6, 6.07) is 7.96. The first kappa shape index (κ1) is 11.6. The van der Waals surface area contributed by atoms with E-state index in [2.05, 4.69) is 20.2 Å². The molecular weight excluding hydrogens is 236 g/mol. The quantitative estimate of drug-likeness (QED) is 0.324. The van der Waals surface area contributed by atoms with Crippen molar-refractivity contribution in [3.05, 3.63) is 47.9 Å². The van der Waals surface area contributed by atoms with Gasteiger partial charge >= 0.3 is 0 Å². The van der Waals surface area contributed by atoms with E-state index in [4.69, 9.17) is 10.9 Å². The Labute approximate surface area is 102 Å². The second kappa shape index (κ2) is 5.00. The number of benzene rings is 1. The highest BCUT2D eigenvalue weighted by molar-refractivity contribution is 6.03. The summed E-state index contributed by atoms with van der Waals surface area (Å²) in [5.41, 5.74) is 6.72. The van der Waals surface area contributed by atoms with Gasteiger partial charge in [-0.2, -0.15) is 0 Å². The Morgan fingerprint density at radius 2 is 2.06 bits per heavy atom. The monoisotopic (exact) mass is 246 g/mol. The van der Waals surface area contributed by atoms with Crippen LogP contribution < -0.4 is 11.1 Å². The van der Waals surface area contributed by atoms with Gasteiger partial charge in [0.1, 0.15) is 6.26 Å². The second-order valence-corrected chi connectivity index (χ2v) is 3.40. The highest BCUT2D eigenvalue weighted by Gasteiger charge is 2.09. The average Bonchev–Trinajstić information content (AvgIpc) is 2.92. The molecule has 7 nitrogen and oxygen atoms in total. The van der Waals surface area contributed by atoms with Crippen LogP contribution in [-0.4, -0.2) is 22.1 Å². The molecule has 0 fully saturated rings. The fourth-order valence-electron chi connectivity index (χ4n) is 1.31. The van der Waals surface area contributed by atoms with Crippen molar-refractivity contribution < 1.29 is 14.5 Å². The van der Waals surface area contributed by atoms with Gasteiger partial charge in [-0.3, -0.25) is 4.79 Å². The molecule has 1 aromatic heterocycles. The molecule has 4 N–H and O–H groups in total. The Hall–Kier alpha value is -2.83. The number of amidine groups is 1. The Bertz CT molecular complexity index is 560. The van der Waals surface area contributed by atoms with Gasteiger partial charge in [-0.25, -0.2) is 0 Å². The predicted octanol–water partition coefficient (Wildman–Crippen LogP) is 1.02. The lowest BCUT2D eigenvalue weighted by atomic mass is 10.2. The van der Waals surface area contributed by atoms with Crippen molar-refractivity contribution in [3.63, 3.8) is 0 Å². The number of oxime groups is 1. The molecule has 92 valence electrons. The zero-order valence-electron chi connectivity index (χ0n) is 9.20. The van der Waals surface area contributed by atoms with E-state index < -0.39 is 0 Å². The van der Waals surface area contributed by atoms with Gasteiger partial charge in [-0.1, -0.05) is 10.3 Å². The third-order valence-corrected chi connectivity index (χ3v) is 2.22. The summed E-state index contributed by atoms with van der Waals surface area (Å²) in [5.74, 6) is -0.371. The molecule has 0 aliphatic heterocycles. The van der Waals surface area contributed by atoms with Crippen molar-refractivity contribution in [3.8, 4) is 0 Å². The molecule has 0 aliphatic carbocycles. The zero-order valence-corrected chi connectivity index (χ0v) is 9.20. The molecular formula is C11H10N4O3. The number of nitrogens with zero attached hydrogens (tertiary/aromatic N) is 2. The summed E-state index contributed by atoms with van der Waals surface area (Å²) < 4.78 is 4.57. The number of rotatable bonds is 3. The first-order valence-corrected chi connectivity index (χ1v) is 5.00. The maximum absolute atomic E-state index is 11.6. The van der Waals surface area contributed by atoms with E-state index in [1.807, 2.05) is 0 Å². The first-order valence-electron chi connectivity index (χ1n) is 5.00. The van der Waals surface area contributed by atoms with Gasteiger partial charge in [0, 0.05) is 17.3 Å². The highest BCUT2D eigenvalue weighted by Crippen LogP contribution is 2.10. The lowest BCUT2D eigenvalue weighted by Gasteiger charge is -2.04. The van der Waals surface area contributed by atoms with Crippen LogP contribution in [0.5, 0.6) is 0 Å². The van der Waals surface area contributed by atoms with Crippen molar-refractivity contribution in [1.29, 1.82) is 0 Å². The number of anilines is 1. The number of nitrogens with one attached hydrogen (secondary N) is 1. The molecule has 7 heteroatoms. The Balaban J connectivity index is 2.09. The molecule has 1 heterocycles. The van der Waals surface area contributed by atoms with E-state index in [1.165, 1.54) is 12.3 Å². The Kier molecular flexibility index (Phi) is 3.24. The van der Waals surface area contributed by atoms with Crippen LogP contribution in [0.15, 0.2) is 46.3 Å². The third-order valence-electron chi connectivity index (χ3n) is 2.22. The third kappa shape index (κ3) is 2.46. The van der Waals surface area contributed by atoms with Crippen molar-refractivity contribution in [1.82, 2.24) is 5.16 Å². The smallest absolute Gasteiger partial charge is 0.277 e. The zero-order chi connectivity index (χ0) is 13.0. The number of hydrogen-bond donors (Lipinski definition) is 3. The lowest BCUT2D eigenvalue weighted by molar-refractivity contribution is 0.101. The van der Waals surface area contributed by atoms with E-state index >= 15 is 0 Å². The molecule has 1 amide bonds. The number of amides is 1. The Morgan fingerprint density at radius 1 is 1.33 bits per heavy atom. The molecule has 0 saturated heterocycles. The molecule has 2 rings (SSSR count). The van der Waals surface area contributed by atoms with Gasteiger partial charge < -0.3 is 20.8 Å². The van der Waals surface area contributed by atoms with Gasteiger partial charge in [0.15, 0.2) is 11.5 Å². The minimum Gasteiger partial charge on any atom is -0.409 e. The van der Waals surface area contributed by atoms with Gasteiger partial charge in [0.25, 0.3) is 5.91 Å². The fourth-order valence-corrected chi connectivity index (χ4v) is 1.31. The summed E-state index contributed by atoms with van der Waals surface area (Å²) >= 11 is 0. The van der Waals surface area contributed by atoms with Crippen LogP contribution in [0.3, 0.4) is 0 Å². The van der Waals surface area contributed by atoms with Crippen molar-refractivity contribution in [2.75, 3.05) is 5.32 Å². The van der Waals surface area contributed by atoms with Crippen molar-refractivity contribution in [2.24, 2.45) is 10.9 Å². The van der Waals surface area contributed by atoms with Crippen LogP contribution >= 0.6 is 0 Å². The van der Waals surface area contributed by atoms with Crippen LogP contribution in [0.2, 0.25) is 0 Å². The predicted molar refractivity (Wildman–Crippen MR) is 63.4 cm³/mol. The number of carbonyl (C=O) groups excluding carboxylic acids is 1. The fraction of sp³-hybridized carbons (Fsp3) is 0. The van der Waals surface area contributed by atoms with Crippen LogP contribution in [0, 0.1) is 0 Å². The highest BCUT2D eigenvalue weighted by atomic mass is 16.5. The second-order valence-electron chi connectivity index (χ2n) is 3.40. The van der Waals surface area contributed by atoms with Crippen LogP contribution in [0.1, 0.15) is 16.1 Å². The van der Waals surface area contributed by atoms with Crippen molar-refractivity contribution in [2.45, 2.75) is 0 Å². The molecule has 0 saturated carbocycles. The number of nitrogens with two attached hydrogens (primary N) is 1. The van der Waals surface area contributed by atoms with Gasteiger partial charge in [-0.15, -0.1) is 0 Å². The van der Waals surface area contributed by atoms with Crippen LogP contribution in [0.4, 0.5) is 5.69 Å². The molecule has 0 unspecified atom stereocenters. The average molecular weight is 246 g/mol. The molecule has 0 bridgehead atoms. The minimum absolute atomic E-state index is 0.00405. The number of aromatic nitrogens is 1.